The SMILES string of the molecule is Cc1ccsc1/C=N/NC(=O)c1ccccc1Br. The number of benzene rings is 1. The first-order chi connectivity index (χ1) is 8.68. The first kappa shape index (κ1) is 13.0. The van der Waals surface area contributed by atoms with Gasteiger partial charge in [-0.25, -0.2) is 5.43 Å². The smallest absolute Gasteiger partial charge is 0.267 e. The van der Waals surface area contributed by atoms with Gasteiger partial charge in [-0.3, -0.25) is 4.79 Å². The van der Waals surface area contributed by atoms with Crippen molar-refractivity contribution in [1.29, 1.82) is 0 Å². The van der Waals surface area contributed by atoms with Crippen LogP contribution in [0.25, 0.3) is 0 Å². The summed E-state index contributed by atoms with van der Waals surface area (Å²) < 4.78 is 0.755. The molecule has 0 aliphatic heterocycles. The summed E-state index contributed by atoms with van der Waals surface area (Å²) in [5.74, 6) is -0.229. The molecule has 3 nitrogen and oxygen atoms in total. The van der Waals surface area contributed by atoms with Gasteiger partial charge in [0.15, 0.2) is 0 Å². The molecule has 0 saturated carbocycles. The van der Waals surface area contributed by atoms with E-state index in [0.29, 0.717) is 5.56 Å². The van der Waals surface area contributed by atoms with Crippen molar-refractivity contribution < 1.29 is 4.79 Å². The largest absolute Gasteiger partial charge is 0.272 e. The van der Waals surface area contributed by atoms with Crippen LogP contribution in [0.3, 0.4) is 0 Å². The van der Waals surface area contributed by atoms with E-state index in [1.807, 2.05) is 36.6 Å². The van der Waals surface area contributed by atoms with Gasteiger partial charge < -0.3 is 0 Å². The number of nitrogens with zero attached hydrogens (tertiary/aromatic N) is 1. The number of carbonyl (C=O) groups is 1. The molecule has 0 aliphatic carbocycles. The second-order valence-corrected chi connectivity index (χ2v) is 5.45. The average molecular weight is 323 g/mol. The number of halogens is 1. The number of hydrogen-bond donors (Lipinski definition) is 1. The Kier molecular flexibility index (Phi) is 4.28. The quantitative estimate of drug-likeness (QED) is 0.681. The summed E-state index contributed by atoms with van der Waals surface area (Å²) in [4.78, 5) is 12.9. The van der Waals surface area contributed by atoms with Gasteiger partial charge in [0, 0.05) is 9.35 Å². The van der Waals surface area contributed by atoms with Crippen molar-refractivity contribution in [3.8, 4) is 0 Å². The van der Waals surface area contributed by atoms with Crippen LogP contribution in [0.2, 0.25) is 0 Å². The Hall–Kier alpha value is -1.46. The highest BCUT2D eigenvalue weighted by Crippen LogP contribution is 2.15. The summed E-state index contributed by atoms with van der Waals surface area (Å²) in [6.45, 7) is 2.01. The average Bonchev–Trinajstić information content (AvgIpc) is 2.75. The number of amides is 1. The number of hydrogen-bond acceptors (Lipinski definition) is 3. The van der Waals surface area contributed by atoms with Gasteiger partial charge >= 0.3 is 0 Å². The Morgan fingerprint density at radius 2 is 2.17 bits per heavy atom. The van der Waals surface area contributed by atoms with E-state index in [9.17, 15) is 4.79 Å². The lowest BCUT2D eigenvalue weighted by Crippen LogP contribution is -2.17. The van der Waals surface area contributed by atoms with Gasteiger partial charge in [-0.05, 0) is 52.0 Å². The fourth-order valence-corrected chi connectivity index (χ4v) is 2.62. The lowest BCUT2D eigenvalue weighted by atomic mass is 10.2. The summed E-state index contributed by atoms with van der Waals surface area (Å²) in [6.07, 6.45) is 1.66. The Balaban J connectivity index is 2.03. The zero-order chi connectivity index (χ0) is 13.0. The van der Waals surface area contributed by atoms with Gasteiger partial charge in [0.05, 0.1) is 11.8 Å². The second kappa shape index (κ2) is 5.93. The van der Waals surface area contributed by atoms with Crippen molar-refractivity contribution in [3.63, 3.8) is 0 Å². The molecule has 0 saturated heterocycles. The van der Waals surface area contributed by atoms with Gasteiger partial charge in [0.25, 0.3) is 5.91 Å². The zero-order valence-electron chi connectivity index (χ0n) is 9.68. The number of hydrazone groups is 1. The zero-order valence-corrected chi connectivity index (χ0v) is 12.1. The summed E-state index contributed by atoms with van der Waals surface area (Å²) in [5.41, 5.74) is 4.23. The molecule has 1 N–H and O–H groups in total. The summed E-state index contributed by atoms with van der Waals surface area (Å²) in [6, 6.07) is 9.25. The third-order valence-corrected chi connectivity index (χ3v) is 4.01. The molecule has 1 amide bonds. The summed E-state index contributed by atoms with van der Waals surface area (Å²) in [7, 11) is 0. The standard InChI is InChI=1S/C13H11BrN2OS/c1-9-6-7-18-12(9)8-15-16-13(17)10-4-2-3-5-11(10)14/h2-8H,1H3,(H,16,17)/b15-8+. The van der Waals surface area contributed by atoms with E-state index in [0.717, 1.165) is 14.9 Å². The maximum Gasteiger partial charge on any atom is 0.272 e. The van der Waals surface area contributed by atoms with Crippen LogP contribution in [0.15, 0.2) is 45.3 Å². The molecule has 1 heterocycles. The number of thiophene rings is 1. The monoisotopic (exact) mass is 322 g/mol. The first-order valence-electron chi connectivity index (χ1n) is 5.30. The lowest BCUT2D eigenvalue weighted by molar-refractivity contribution is 0.0954. The minimum Gasteiger partial charge on any atom is -0.267 e. The molecule has 1 aromatic heterocycles. The molecule has 0 radical (unpaired) electrons. The van der Waals surface area contributed by atoms with Crippen LogP contribution < -0.4 is 5.43 Å². The Bertz CT molecular complexity index is 592. The summed E-state index contributed by atoms with van der Waals surface area (Å²) >= 11 is 4.92. The molecule has 0 spiro atoms. The van der Waals surface area contributed by atoms with E-state index in [1.165, 1.54) is 0 Å². The molecule has 5 heteroatoms. The van der Waals surface area contributed by atoms with Gasteiger partial charge in [0.2, 0.25) is 0 Å². The van der Waals surface area contributed by atoms with Crippen LogP contribution >= 0.6 is 27.3 Å². The highest BCUT2D eigenvalue weighted by Gasteiger charge is 2.07. The molecule has 92 valence electrons. The van der Waals surface area contributed by atoms with Crippen LogP contribution in [0, 0.1) is 6.92 Å². The molecule has 18 heavy (non-hydrogen) atoms. The van der Waals surface area contributed by atoms with Crippen molar-refractivity contribution >= 4 is 39.4 Å². The molecule has 1 aromatic carbocycles. The molecule has 0 bridgehead atoms. The summed E-state index contributed by atoms with van der Waals surface area (Å²) in [5, 5.41) is 5.95. The predicted molar refractivity (Wildman–Crippen MR) is 78.3 cm³/mol. The molecule has 0 atom stereocenters. The first-order valence-corrected chi connectivity index (χ1v) is 6.98. The Morgan fingerprint density at radius 1 is 1.39 bits per heavy atom. The van der Waals surface area contributed by atoms with Crippen LogP contribution in [-0.4, -0.2) is 12.1 Å². The number of aryl methyl sites for hydroxylation is 1. The number of carbonyl (C=O) groups excluding carboxylic acids is 1. The lowest BCUT2D eigenvalue weighted by Gasteiger charge is -2.01. The number of nitrogens with one attached hydrogen (secondary N) is 1. The van der Waals surface area contributed by atoms with Crippen LogP contribution in [-0.2, 0) is 0 Å². The maximum atomic E-state index is 11.8. The Labute approximate surface area is 118 Å². The van der Waals surface area contributed by atoms with Gasteiger partial charge in [-0.1, -0.05) is 12.1 Å². The van der Waals surface area contributed by atoms with Crippen LogP contribution in [0.4, 0.5) is 0 Å². The molecule has 2 rings (SSSR count). The minimum absolute atomic E-state index is 0.229. The highest BCUT2D eigenvalue weighted by molar-refractivity contribution is 9.10. The van der Waals surface area contributed by atoms with Gasteiger partial charge in [0.1, 0.15) is 0 Å². The van der Waals surface area contributed by atoms with E-state index < -0.39 is 0 Å². The van der Waals surface area contributed by atoms with Crippen molar-refractivity contribution in [2.24, 2.45) is 5.10 Å². The molecule has 0 aliphatic rings. The van der Waals surface area contributed by atoms with Crippen molar-refractivity contribution in [1.82, 2.24) is 5.43 Å². The normalized spacial score (nSPS) is 10.8. The molecular formula is C13H11BrN2OS. The van der Waals surface area contributed by atoms with Gasteiger partial charge in [-0.2, -0.15) is 5.10 Å². The van der Waals surface area contributed by atoms with Crippen LogP contribution in [0.1, 0.15) is 20.8 Å². The van der Waals surface area contributed by atoms with E-state index >= 15 is 0 Å². The van der Waals surface area contributed by atoms with Crippen molar-refractivity contribution in [3.05, 3.63) is 56.2 Å². The van der Waals surface area contributed by atoms with Crippen LogP contribution in [0.5, 0.6) is 0 Å². The maximum absolute atomic E-state index is 11.8. The van der Waals surface area contributed by atoms with E-state index in [4.69, 9.17) is 0 Å². The fourth-order valence-electron chi connectivity index (χ4n) is 1.37. The molecule has 2 aromatic rings. The van der Waals surface area contributed by atoms with Crippen molar-refractivity contribution in [2.75, 3.05) is 0 Å². The molecular weight excluding hydrogens is 312 g/mol. The highest BCUT2D eigenvalue weighted by atomic mass is 79.9. The topological polar surface area (TPSA) is 41.5 Å². The second-order valence-electron chi connectivity index (χ2n) is 3.65. The van der Waals surface area contributed by atoms with E-state index in [-0.39, 0.29) is 5.91 Å². The van der Waals surface area contributed by atoms with Crippen molar-refractivity contribution in [2.45, 2.75) is 6.92 Å². The predicted octanol–water partition coefficient (Wildman–Crippen LogP) is 3.58. The molecule has 0 unspecified atom stereocenters. The van der Waals surface area contributed by atoms with Gasteiger partial charge in [-0.15, -0.1) is 11.3 Å². The Morgan fingerprint density at radius 3 is 2.83 bits per heavy atom. The third-order valence-electron chi connectivity index (χ3n) is 2.37. The minimum atomic E-state index is -0.229. The number of rotatable bonds is 3. The van der Waals surface area contributed by atoms with E-state index in [1.54, 1.807) is 23.6 Å². The molecule has 0 fully saturated rings. The van der Waals surface area contributed by atoms with E-state index in [2.05, 4.69) is 26.5 Å². The third kappa shape index (κ3) is 3.05. The fraction of sp³-hybridized carbons (Fsp3) is 0.0769.